The zero-order valence-electron chi connectivity index (χ0n) is 16.2. The van der Waals surface area contributed by atoms with Crippen molar-refractivity contribution in [3.63, 3.8) is 0 Å². The quantitative estimate of drug-likeness (QED) is 0.781. The summed E-state index contributed by atoms with van der Waals surface area (Å²) < 4.78 is 19.5. The topological polar surface area (TPSA) is 78.9 Å². The third-order valence-corrected chi connectivity index (χ3v) is 5.62. The van der Waals surface area contributed by atoms with Gasteiger partial charge in [-0.25, -0.2) is 14.2 Å². The lowest BCUT2D eigenvalue weighted by atomic mass is 10.1. The Morgan fingerprint density at radius 2 is 2.25 bits per heavy atom. The average Bonchev–Trinajstić information content (AvgIpc) is 3.28. The summed E-state index contributed by atoms with van der Waals surface area (Å²) in [5.41, 5.74) is 2.76. The minimum atomic E-state index is -0.345. The number of hydrogen-bond donors (Lipinski definition) is 2. The van der Waals surface area contributed by atoms with E-state index in [1.54, 1.807) is 17.3 Å². The van der Waals surface area contributed by atoms with E-state index >= 15 is 0 Å². The number of rotatable bonds is 6. The number of carbonyl (C=O) groups is 1. The summed E-state index contributed by atoms with van der Waals surface area (Å²) in [6, 6.07) is 0.467. The van der Waals surface area contributed by atoms with Gasteiger partial charge in [-0.15, -0.1) is 0 Å². The van der Waals surface area contributed by atoms with Gasteiger partial charge >= 0.3 is 6.09 Å². The largest absolute Gasteiger partial charge is 0.444 e. The smallest absolute Gasteiger partial charge is 0.415 e. The van der Waals surface area contributed by atoms with Gasteiger partial charge in [0.15, 0.2) is 5.82 Å². The predicted octanol–water partition coefficient (Wildman–Crippen LogP) is 2.05. The van der Waals surface area contributed by atoms with Gasteiger partial charge in [0.25, 0.3) is 0 Å². The molecule has 3 heterocycles. The molecular weight excluding hydrogens is 361 g/mol. The number of halogens is 1. The van der Waals surface area contributed by atoms with Crippen LogP contribution < -0.4 is 10.6 Å². The fourth-order valence-corrected chi connectivity index (χ4v) is 4.15. The highest BCUT2D eigenvalue weighted by atomic mass is 19.1. The lowest BCUT2D eigenvalue weighted by Gasteiger charge is -2.20. The van der Waals surface area contributed by atoms with Crippen molar-refractivity contribution in [3.05, 3.63) is 40.9 Å². The Balaban J connectivity index is 1.26. The summed E-state index contributed by atoms with van der Waals surface area (Å²) in [7, 11) is 0. The number of carbonyl (C=O) groups excluding carboxylic acids is 1. The number of aryl methyl sites for hydroxylation is 1. The highest BCUT2D eigenvalue weighted by Gasteiger charge is 2.34. The molecule has 3 aliphatic rings. The molecular formula is C20H26FN5O2. The van der Waals surface area contributed by atoms with Crippen molar-refractivity contribution in [3.8, 4) is 0 Å². The number of pyridine rings is 1. The van der Waals surface area contributed by atoms with Crippen molar-refractivity contribution in [2.45, 2.75) is 57.7 Å². The molecule has 28 heavy (non-hydrogen) atoms. The van der Waals surface area contributed by atoms with Gasteiger partial charge in [0.05, 0.1) is 12.7 Å². The molecule has 1 amide bonds. The molecule has 0 spiro atoms. The maximum Gasteiger partial charge on any atom is 0.415 e. The Morgan fingerprint density at radius 3 is 3.00 bits per heavy atom. The van der Waals surface area contributed by atoms with E-state index in [4.69, 9.17) is 4.74 Å². The third-order valence-electron chi connectivity index (χ3n) is 5.62. The zero-order chi connectivity index (χ0) is 19.7. The fraction of sp³-hybridized carbons (Fsp3) is 0.550. The molecule has 3 atom stereocenters. The highest BCUT2D eigenvalue weighted by molar-refractivity contribution is 5.73. The van der Waals surface area contributed by atoms with E-state index in [9.17, 15) is 9.18 Å². The van der Waals surface area contributed by atoms with Crippen LogP contribution >= 0.6 is 0 Å². The molecule has 1 aliphatic carbocycles. The van der Waals surface area contributed by atoms with E-state index in [1.165, 1.54) is 6.20 Å². The Morgan fingerprint density at radius 1 is 1.43 bits per heavy atom. The Labute approximate surface area is 164 Å². The van der Waals surface area contributed by atoms with E-state index in [1.807, 2.05) is 6.92 Å². The van der Waals surface area contributed by atoms with Crippen LogP contribution in [0, 0.1) is 12.7 Å². The van der Waals surface area contributed by atoms with Crippen LogP contribution in [0.5, 0.6) is 0 Å². The molecule has 2 aliphatic heterocycles. The van der Waals surface area contributed by atoms with Crippen LogP contribution in [-0.4, -0.2) is 53.5 Å². The van der Waals surface area contributed by atoms with Crippen LogP contribution in [0.15, 0.2) is 23.2 Å². The first kappa shape index (κ1) is 18.9. The van der Waals surface area contributed by atoms with E-state index in [2.05, 4.69) is 27.5 Å². The van der Waals surface area contributed by atoms with Crippen molar-refractivity contribution in [1.82, 2.24) is 20.5 Å². The first-order chi connectivity index (χ1) is 13.5. The minimum absolute atomic E-state index is 0.139. The van der Waals surface area contributed by atoms with Crippen LogP contribution in [-0.2, 0) is 17.6 Å². The summed E-state index contributed by atoms with van der Waals surface area (Å²) in [6.07, 6.45) is 7.46. The number of amides is 1. The van der Waals surface area contributed by atoms with E-state index in [0.717, 1.165) is 36.1 Å². The van der Waals surface area contributed by atoms with Crippen LogP contribution in [0.2, 0.25) is 0 Å². The Kier molecular flexibility index (Phi) is 5.30. The molecule has 8 heteroatoms. The number of cyclic esters (lactones) is 1. The second-order valence-corrected chi connectivity index (χ2v) is 7.74. The number of nitrogens with one attached hydrogen (secondary N) is 2. The van der Waals surface area contributed by atoms with Gasteiger partial charge in [-0.2, -0.15) is 0 Å². The van der Waals surface area contributed by atoms with Gasteiger partial charge in [-0.1, -0.05) is 0 Å². The molecule has 4 rings (SSSR count). The van der Waals surface area contributed by atoms with Crippen LogP contribution in [0.4, 0.5) is 9.18 Å². The van der Waals surface area contributed by atoms with Crippen molar-refractivity contribution in [2.24, 2.45) is 4.99 Å². The van der Waals surface area contributed by atoms with Gasteiger partial charge in [0.2, 0.25) is 0 Å². The number of fused-ring (bicyclic) bond motifs is 1. The molecule has 1 aromatic rings. The Bertz CT molecular complexity index is 794. The van der Waals surface area contributed by atoms with Gasteiger partial charge in [-0.3, -0.25) is 9.88 Å². The van der Waals surface area contributed by atoms with Crippen LogP contribution in [0.3, 0.4) is 0 Å². The minimum Gasteiger partial charge on any atom is -0.444 e. The molecule has 3 unspecified atom stereocenters. The van der Waals surface area contributed by atoms with Gasteiger partial charge in [-0.05, 0) is 50.7 Å². The molecule has 1 fully saturated rings. The second kappa shape index (κ2) is 7.87. The van der Waals surface area contributed by atoms with Crippen molar-refractivity contribution >= 4 is 12.3 Å². The zero-order valence-corrected chi connectivity index (χ0v) is 16.2. The first-order valence-corrected chi connectivity index (χ1v) is 9.84. The molecule has 1 aromatic heterocycles. The summed E-state index contributed by atoms with van der Waals surface area (Å²) >= 11 is 0. The van der Waals surface area contributed by atoms with Gasteiger partial charge in [0, 0.05) is 36.7 Å². The van der Waals surface area contributed by atoms with E-state index in [0.29, 0.717) is 25.3 Å². The molecule has 150 valence electrons. The highest BCUT2D eigenvalue weighted by Crippen LogP contribution is 2.27. The van der Waals surface area contributed by atoms with Crippen molar-refractivity contribution in [2.75, 3.05) is 13.1 Å². The third kappa shape index (κ3) is 3.87. The number of hydrogen-bond acceptors (Lipinski definition) is 6. The molecule has 0 saturated carbocycles. The molecule has 1 saturated heterocycles. The molecule has 0 radical (unpaired) electrons. The fourth-order valence-electron chi connectivity index (χ4n) is 4.15. The Hall–Kier alpha value is -2.48. The summed E-state index contributed by atoms with van der Waals surface area (Å²) in [5, 5.41) is 6.65. The first-order valence-electron chi connectivity index (χ1n) is 9.84. The molecule has 2 N–H and O–H groups in total. The van der Waals surface area contributed by atoms with E-state index in [-0.39, 0.29) is 30.1 Å². The maximum absolute atomic E-state index is 14.0. The summed E-state index contributed by atoms with van der Waals surface area (Å²) in [5.74, 6) is 0.393. The monoisotopic (exact) mass is 387 g/mol. The molecule has 0 bridgehead atoms. The van der Waals surface area contributed by atoms with E-state index < -0.39 is 0 Å². The van der Waals surface area contributed by atoms with Gasteiger partial charge in [0.1, 0.15) is 11.9 Å². The van der Waals surface area contributed by atoms with Crippen LogP contribution in [0.1, 0.15) is 36.6 Å². The molecule has 7 nitrogen and oxygen atoms in total. The maximum atomic E-state index is 14.0. The number of aromatic nitrogens is 1. The standard InChI is InChI=1S/C20H26FN5O2/c1-12(25-14-7-16-13(2)24-9-18(21)17(16)8-14)3-4-15-11-26(20(27)28-15)19-10-22-5-6-23-19/h6,9-10,12,14-15,22,25H,3-5,7-8,11H2,1-2H3. The predicted molar refractivity (Wildman–Crippen MR) is 104 cm³/mol. The SMILES string of the molecule is Cc1ncc(F)c2c1CC(NC(C)CCC1CN(C3=CNCC=N3)C(=O)O1)C2. The lowest BCUT2D eigenvalue weighted by molar-refractivity contribution is 0.128. The number of aliphatic imine (C=N–C) groups is 1. The number of nitrogens with zero attached hydrogens (tertiary/aromatic N) is 3. The average molecular weight is 387 g/mol. The number of ether oxygens (including phenoxy) is 1. The molecule has 0 aromatic carbocycles. The van der Waals surface area contributed by atoms with Crippen molar-refractivity contribution in [1.29, 1.82) is 0 Å². The van der Waals surface area contributed by atoms with Crippen molar-refractivity contribution < 1.29 is 13.9 Å². The summed E-state index contributed by atoms with van der Waals surface area (Å²) in [4.78, 5) is 22.0. The second-order valence-electron chi connectivity index (χ2n) is 7.74. The lowest BCUT2D eigenvalue weighted by Crippen LogP contribution is -2.37. The van der Waals surface area contributed by atoms with Gasteiger partial charge < -0.3 is 15.4 Å². The normalized spacial score (nSPS) is 24.6. The summed E-state index contributed by atoms with van der Waals surface area (Å²) in [6.45, 7) is 5.24. The van der Waals surface area contributed by atoms with Crippen LogP contribution in [0.25, 0.3) is 0 Å².